The van der Waals surface area contributed by atoms with Crippen LogP contribution in [0.25, 0.3) is 0 Å². The summed E-state index contributed by atoms with van der Waals surface area (Å²) in [5.74, 6) is 1.63. The fourth-order valence-electron chi connectivity index (χ4n) is 4.20. The van der Waals surface area contributed by atoms with Crippen molar-refractivity contribution in [1.29, 1.82) is 0 Å². The summed E-state index contributed by atoms with van der Waals surface area (Å²) in [6.07, 6.45) is 8.24. The second-order valence-electron chi connectivity index (χ2n) is 7.71. The van der Waals surface area contributed by atoms with Crippen LogP contribution in [0.4, 0.5) is 0 Å². The maximum atomic E-state index is 12.9. The van der Waals surface area contributed by atoms with Crippen LogP contribution in [0.2, 0.25) is 0 Å². The Labute approximate surface area is 145 Å². The van der Waals surface area contributed by atoms with Gasteiger partial charge < -0.3 is 15.5 Å². The van der Waals surface area contributed by atoms with Crippen LogP contribution in [0.5, 0.6) is 0 Å². The van der Waals surface area contributed by atoms with Crippen LogP contribution in [0, 0.1) is 11.8 Å². The number of carbonyl (C=O) groups excluding carboxylic acids is 1. The van der Waals surface area contributed by atoms with Crippen LogP contribution in [-0.2, 0) is 10.3 Å². The molecular weight excluding hydrogens is 300 g/mol. The van der Waals surface area contributed by atoms with E-state index in [1.807, 2.05) is 17.0 Å². The summed E-state index contributed by atoms with van der Waals surface area (Å²) >= 11 is 0. The zero-order chi connectivity index (χ0) is 17.2. The van der Waals surface area contributed by atoms with Gasteiger partial charge >= 0.3 is 0 Å². The van der Waals surface area contributed by atoms with Gasteiger partial charge in [-0.25, -0.2) is 0 Å². The SMILES string of the molecule is CN1CCC(C2CCN(C(=O)[C@](C)(N)c3cccnc3)CC2)CC1. The molecule has 1 aromatic rings. The van der Waals surface area contributed by atoms with Gasteiger partial charge in [0, 0.05) is 25.5 Å². The molecular formula is C19H30N4O. The third-order valence-corrected chi connectivity index (χ3v) is 5.96. The standard InChI is InChI=1S/C19H30N4O/c1-19(20,17-4-3-9-21-14-17)18(24)23-12-7-16(8-13-23)15-5-10-22(2)11-6-15/h3-4,9,14-16H,5-8,10-13,20H2,1-2H3/t19-/m1/s1. The Hall–Kier alpha value is -1.46. The van der Waals surface area contributed by atoms with Crippen LogP contribution in [-0.4, -0.2) is 53.9 Å². The van der Waals surface area contributed by atoms with Gasteiger partial charge in [-0.1, -0.05) is 6.07 Å². The van der Waals surface area contributed by atoms with Gasteiger partial charge in [0.05, 0.1) is 0 Å². The minimum absolute atomic E-state index is 0.0253. The first-order chi connectivity index (χ1) is 11.5. The number of nitrogens with two attached hydrogens (primary N) is 1. The lowest BCUT2D eigenvalue weighted by Gasteiger charge is -2.41. The van der Waals surface area contributed by atoms with E-state index < -0.39 is 5.54 Å². The summed E-state index contributed by atoms with van der Waals surface area (Å²) in [5.41, 5.74) is 6.16. The molecule has 2 N–H and O–H groups in total. The van der Waals surface area contributed by atoms with E-state index in [1.165, 1.54) is 25.9 Å². The van der Waals surface area contributed by atoms with Gasteiger partial charge in [-0.15, -0.1) is 0 Å². The molecule has 3 rings (SSSR count). The predicted octanol–water partition coefficient (Wildman–Crippen LogP) is 1.84. The summed E-state index contributed by atoms with van der Waals surface area (Å²) in [6, 6.07) is 3.72. The number of hydrogen-bond donors (Lipinski definition) is 1. The van der Waals surface area contributed by atoms with Crippen molar-refractivity contribution in [2.75, 3.05) is 33.2 Å². The highest BCUT2D eigenvalue weighted by atomic mass is 16.2. The van der Waals surface area contributed by atoms with Crippen molar-refractivity contribution < 1.29 is 4.79 Å². The number of hydrogen-bond acceptors (Lipinski definition) is 4. The van der Waals surface area contributed by atoms with E-state index in [2.05, 4.69) is 16.9 Å². The maximum Gasteiger partial charge on any atom is 0.247 e. The van der Waals surface area contributed by atoms with Gasteiger partial charge in [-0.2, -0.15) is 0 Å². The molecule has 2 aliphatic rings. The molecule has 2 saturated heterocycles. The Kier molecular flexibility index (Phi) is 5.21. The summed E-state index contributed by atoms with van der Waals surface area (Å²) in [5, 5.41) is 0. The van der Waals surface area contributed by atoms with Crippen molar-refractivity contribution >= 4 is 5.91 Å². The summed E-state index contributed by atoms with van der Waals surface area (Å²) < 4.78 is 0. The first-order valence-corrected chi connectivity index (χ1v) is 9.16. The molecule has 0 unspecified atom stereocenters. The summed E-state index contributed by atoms with van der Waals surface area (Å²) in [4.78, 5) is 21.4. The molecule has 24 heavy (non-hydrogen) atoms. The van der Waals surface area contributed by atoms with E-state index in [9.17, 15) is 4.79 Å². The van der Waals surface area contributed by atoms with Gasteiger partial charge in [-0.05, 0) is 76.2 Å². The van der Waals surface area contributed by atoms with Crippen LogP contribution in [0.3, 0.4) is 0 Å². The largest absolute Gasteiger partial charge is 0.341 e. The number of likely N-dealkylation sites (tertiary alicyclic amines) is 2. The Morgan fingerprint density at radius 3 is 2.29 bits per heavy atom. The average molecular weight is 330 g/mol. The van der Waals surface area contributed by atoms with Gasteiger partial charge in [0.2, 0.25) is 5.91 Å². The Morgan fingerprint density at radius 1 is 1.17 bits per heavy atom. The Bertz CT molecular complexity index is 544. The molecule has 5 heteroatoms. The first-order valence-electron chi connectivity index (χ1n) is 9.16. The fourth-order valence-corrected chi connectivity index (χ4v) is 4.20. The van der Waals surface area contributed by atoms with E-state index in [0.29, 0.717) is 0 Å². The third kappa shape index (κ3) is 3.62. The topological polar surface area (TPSA) is 62.5 Å². The van der Waals surface area contributed by atoms with E-state index in [0.717, 1.165) is 43.3 Å². The number of aromatic nitrogens is 1. The Balaban J connectivity index is 1.57. The molecule has 0 spiro atoms. The molecule has 0 aliphatic carbocycles. The molecule has 0 radical (unpaired) electrons. The molecule has 2 fully saturated rings. The normalized spacial score (nSPS) is 23.9. The van der Waals surface area contributed by atoms with Crippen LogP contribution >= 0.6 is 0 Å². The van der Waals surface area contributed by atoms with Crippen molar-refractivity contribution in [3.8, 4) is 0 Å². The molecule has 1 aromatic heterocycles. The van der Waals surface area contributed by atoms with Crippen LogP contribution < -0.4 is 5.73 Å². The zero-order valence-corrected chi connectivity index (χ0v) is 14.9. The lowest BCUT2D eigenvalue weighted by Crippen LogP contribution is -2.53. The highest BCUT2D eigenvalue weighted by Crippen LogP contribution is 2.33. The molecule has 5 nitrogen and oxygen atoms in total. The number of amides is 1. The molecule has 132 valence electrons. The molecule has 0 saturated carbocycles. The minimum Gasteiger partial charge on any atom is -0.341 e. The Morgan fingerprint density at radius 2 is 1.75 bits per heavy atom. The van der Waals surface area contributed by atoms with Gasteiger partial charge in [0.25, 0.3) is 0 Å². The monoisotopic (exact) mass is 330 g/mol. The van der Waals surface area contributed by atoms with Crippen LogP contribution in [0.15, 0.2) is 24.5 Å². The number of pyridine rings is 1. The van der Waals surface area contributed by atoms with Gasteiger partial charge in [0.15, 0.2) is 0 Å². The second kappa shape index (κ2) is 7.19. The van der Waals surface area contributed by atoms with Crippen LogP contribution in [0.1, 0.15) is 38.2 Å². The van der Waals surface area contributed by atoms with Crippen molar-refractivity contribution in [3.63, 3.8) is 0 Å². The van der Waals surface area contributed by atoms with Crippen molar-refractivity contribution in [3.05, 3.63) is 30.1 Å². The van der Waals surface area contributed by atoms with Crippen molar-refractivity contribution in [2.24, 2.45) is 17.6 Å². The molecule has 1 amide bonds. The third-order valence-electron chi connectivity index (χ3n) is 5.96. The quantitative estimate of drug-likeness (QED) is 0.918. The maximum absolute atomic E-state index is 12.9. The fraction of sp³-hybridized carbons (Fsp3) is 0.684. The zero-order valence-electron chi connectivity index (χ0n) is 14.9. The van der Waals surface area contributed by atoms with E-state index in [1.54, 1.807) is 19.3 Å². The average Bonchev–Trinajstić information content (AvgIpc) is 2.62. The van der Waals surface area contributed by atoms with Crippen molar-refractivity contribution in [2.45, 2.75) is 38.1 Å². The smallest absolute Gasteiger partial charge is 0.247 e. The minimum atomic E-state index is -0.991. The number of carbonyl (C=O) groups is 1. The number of piperidine rings is 2. The van der Waals surface area contributed by atoms with E-state index in [-0.39, 0.29) is 5.91 Å². The van der Waals surface area contributed by atoms with Crippen molar-refractivity contribution in [1.82, 2.24) is 14.8 Å². The molecule has 1 atom stereocenters. The highest BCUT2D eigenvalue weighted by molar-refractivity contribution is 5.87. The molecule has 2 aliphatic heterocycles. The van der Waals surface area contributed by atoms with Gasteiger partial charge in [0.1, 0.15) is 5.54 Å². The first kappa shape index (κ1) is 17.4. The molecule has 0 bridgehead atoms. The predicted molar refractivity (Wildman–Crippen MR) is 95.3 cm³/mol. The summed E-state index contributed by atoms with van der Waals surface area (Å²) in [7, 11) is 2.21. The number of nitrogens with zero attached hydrogens (tertiary/aromatic N) is 3. The number of rotatable bonds is 3. The second-order valence-corrected chi connectivity index (χ2v) is 7.71. The van der Waals surface area contributed by atoms with E-state index in [4.69, 9.17) is 5.73 Å². The lowest BCUT2D eigenvalue weighted by atomic mass is 9.78. The lowest BCUT2D eigenvalue weighted by molar-refractivity contribution is -0.138. The van der Waals surface area contributed by atoms with E-state index >= 15 is 0 Å². The highest BCUT2D eigenvalue weighted by Gasteiger charge is 2.37. The molecule has 3 heterocycles. The van der Waals surface area contributed by atoms with Gasteiger partial charge in [-0.3, -0.25) is 9.78 Å². The summed E-state index contributed by atoms with van der Waals surface area (Å²) in [6.45, 7) is 5.90. The molecule has 0 aromatic carbocycles.